The monoisotopic (exact) mass is 167 g/mol. The predicted molar refractivity (Wildman–Crippen MR) is 31.3 cm³/mol. The van der Waals surface area contributed by atoms with Crippen LogP contribution in [0.4, 0.5) is 0 Å². The van der Waals surface area contributed by atoms with Gasteiger partial charge in [0.15, 0.2) is 0 Å². The molecule has 0 saturated carbocycles. The van der Waals surface area contributed by atoms with E-state index in [0.717, 1.165) is 5.21 Å². The molecular formula is C4H12AsO2. The summed E-state index contributed by atoms with van der Waals surface area (Å²) in [5.74, 6) is 0. The Labute approximate surface area is 47.6 Å². The molecule has 0 spiro atoms. The fourth-order valence-electron chi connectivity index (χ4n) is 0.129. The Bertz CT molecular complexity index is 47.7. The number of rotatable bonds is 2. The summed E-state index contributed by atoms with van der Waals surface area (Å²) in [5.41, 5.74) is 1.80. The van der Waals surface area contributed by atoms with E-state index in [1.54, 1.807) is 12.8 Å². The molecule has 0 fully saturated rings. The van der Waals surface area contributed by atoms with E-state index in [2.05, 4.69) is 0 Å². The van der Waals surface area contributed by atoms with Gasteiger partial charge in [-0.05, 0) is 0 Å². The third kappa shape index (κ3) is 3.10. The van der Waals surface area contributed by atoms with E-state index in [4.69, 9.17) is 7.82 Å². The van der Waals surface area contributed by atoms with Gasteiger partial charge in [-0.2, -0.15) is 0 Å². The van der Waals surface area contributed by atoms with Crippen LogP contribution in [-0.4, -0.2) is 25.4 Å². The van der Waals surface area contributed by atoms with E-state index in [1.807, 2.05) is 6.92 Å². The third-order valence-electron chi connectivity index (χ3n) is 0.980. The van der Waals surface area contributed by atoms with Crippen LogP contribution in [0.5, 0.6) is 0 Å². The summed E-state index contributed by atoms with van der Waals surface area (Å²) in [5, 5.41) is 0.800. The van der Waals surface area contributed by atoms with E-state index in [-0.39, 0.29) is 0 Å². The van der Waals surface area contributed by atoms with Crippen molar-refractivity contribution in [2.24, 2.45) is 0 Å². The summed E-state index contributed by atoms with van der Waals surface area (Å²) in [7, 11) is 1.57. The van der Waals surface area contributed by atoms with Crippen molar-refractivity contribution in [1.29, 1.82) is 0 Å². The second-order valence-corrected chi connectivity index (χ2v) is 8.05. The van der Waals surface area contributed by atoms with E-state index < -0.39 is 14.2 Å². The molecule has 0 aliphatic rings. The van der Waals surface area contributed by atoms with Gasteiger partial charge >= 0.3 is 47.0 Å². The first-order valence-corrected chi connectivity index (χ1v) is 7.07. The van der Waals surface area contributed by atoms with Crippen molar-refractivity contribution in [1.82, 2.24) is 0 Å². The Balaban J connectivity index is 3.36. The van der Waals surface area contributed by atoms with Crippen molar-refractivity contribution in [3.05, 3.63) is 0 Å². The average Bonchev–Trinajstić information content (AvgIpc) is 1.68. The molecule has 0 heterocycles. The first-order chi connectivity index (χ1) is 3.12. The Hall–Kier alpha value is 0.478. The van der Waals surface area contributed by atoms with Crippen LogP contribution >= 0.6 is 0 Å². The summed E-state index contributed by atoms with van der Waals surface area (Å²) in [6.45, 7) is 1.94. The van der Waals surface area contributed by atoms with Crippen molar-refractivity contribution < 1.29 is 7.82 Å². The zero-order valence-corrected chi connectivity index (χ0v) is 6.89. The van der Waals surface area contributed by atoms with E-state index in [0.29, 0.717) is 0 Å². The first kappa shape index (κ1) is 7.48. The summed E-state index contributed by atoms with van der Waals surface area (Å²) < 4.78 is 13.9. The topological polar surface area (TPSA) is 29.5 Å². The zero-order valence-electron chi connectivity index (χ0n) is 5.01. The molecule has 1 unspecified atom stereocenters. The van der Waals surface area contributed by atoms with Gasteiger partial charge in [-0.1, -0.05) is 0 Å². The maximum atomic E-state index is 9.08. The molecule has 1 radical (unpaired) electrons. The maximum absolute atomic E-state index is 9.08. The predicted octanol–water partition coefficient (Wildman–Crippen LogP) is 0.717. The molecule has 0 aliphatic heterocycles. The van der Waals surface area contributed by atoms with Crippen molar-refractivity contribution in [3.63, 3.8) is 0 Å². The molecule has 0 aromatic carbocycles. The SMILES string of the molecule is CC[As](C)(O)OC. The summed E-state index contributed by atoms with van der Waals surface area (Å²) in [6, 6.07) is 0. The van der Waals surface area contributed by atoms with Crippen LogP contribution in [0.1, 0.15) is 6.92 Å². The molecule has 1 N–H and O–H groups in total. The Morgan fingerprint density at radius 2 is 2.14 bits per heavy atom. The van der Waals surface area contributed by atoms with Gasteiger partial charge in [-0.3, -0.25) is 0 Å². The second kappa shape index (κ2) is 2.70. The normalized spacial score (nSPS) is 18.9. The van der Waals surface area contributed by atoms with Crippen LogP contribution < -0.4 is 0 Å². The van der Waals surface area contributed by atoms with E-state index in [1.165, 1.54) is 0 Å². The van der Waals surface area contributed by atoms with Crippen molar-refractivity contribution in [2.45, 2.75) is 17.8 Å². The fraction of sp³-hybridized carbons (Fsp3) is 1.00. The Morgan fingerprint density at radius 1 is 1.71 bits per heavy atom. The minimum atomic E-state index is -2.44. The van der Waals surface area contributed by atoms with Crippen LogP contribution in [0.3, 0.4) is 0 Å². The van der Waals surface area contributed by atoms with Gasteiger partial charge < -0.3 is 0 Å². The molecule has 0 aliphatic carbocycles. The van der Waals surface area contributed by atoms with E-state index in [9.17, 15) is 0 Å². The summed E-state index contributed by atoms with van der Waals surface area (Å²) >= 11 is -2.44. The summed E-state index contributed by atoms with van der Waals surface area (Å²) in [6.07, 6.45) is 0. The molecule has 2 nitrogen and oxygen atoms in total. The molecular weight excluding hydrogens is 155 g/mol. The molecule has 0 aromatic heterocycles. The quantitative estimate of drug-likeness (QED) is 0.614. The van der Waals surface area contributed by atoms with Crippen LogP contribution in [0, 0.1) is 0 Å². The fourth-order valence-corrected chi connectivity index (χ4v) is 0.671. The average molecular weight is 167 g/mol. The summed E-state index contributed by atoms with van der Waals surface area (Å²) in [4.78, 5) is 0. The number of hydrogen-bond donors (Lipinski definition) is 1. The standard InChI is InChI=1S/C4H12AsO2/c1-4-5(2,6)7-3/h6H,4H2,1-3H3. The van der Waals surface area contributed by atoms with Crippen molar-refractivity contribution in [2.75, 3.05) is 7.11 Å². The second-order valence-electron chi connectivity index (χ2n) is 1.55. The van der Waals surface area contributed by atoms with Crippen LogP contribution in [0.25, 0.3) is 0 Å². The molecule has 1 atom stereocenters. The minimum absolute atomic E-state index is 0.800. The van der Waals surface area contributed by atoms with Gasteiger partial charge in [0, 0.05) is 0 Å². The zero-order chi connectivity index (χ0) is 5.91. The molecule has 45 valence electrons. The third-order valence-corrected chi connectivity index (χ3v) is 5.09. The van der Waals surface area contributed by atoms with Gasteiger partial charge in [0.1, 0.15) is 0 Å². The molecule has 0 rings (SSSR count). The van der Waals surface area contributed by atoms with Crippen LogP contribution in [0.15, 0.2) is 0 Å². The van der Waals surface area contributed by atoms with Gasteiger partial charge in [-0.15, -0.1) is 0 Å². The molecule has 0 amide bonds. The van der Waals surface area contributed by atoms with E-state index >= 15 is 0 Å². The Kier molecular flexibility index (Phi) is 2.89. The van der Waals surface area contributed by atoms with Crippen molar-refractivity contribution in [3.8, 4) is 0 Å². The molecule has 3 heteroatoms. The molecule has 0 saturated heterocycles. The van der Waals surface area contributed by atoms with Gasteiger partial charge in [0.25, 0.3) is 0 Å². The van der Waals surface area contributed by atoms with Crippen LogP contribution in [-0.2, 0) is 3.73 Å². The molecule has 0 aromatic rings. The first-order valence-electron chi connectivity index (χ1n) is 2.26. The van der Waals surface area contributed by atoms with Crippen LogP contribution in [0.2, 0.25) is 10.9 Å². The number of hydrogen-bond acceptors (Lipinski definition) is 2. The molecule has 0 bridgehead atoms. The van der Waals surface area contributed by atoms with Gasteiger partial charge in [0.2, 0.25) is 0 Å². The van der Waals surface area contributed by atoms with Gasteiger partial charge in [0.05, 0.1) is 0 Å². The van der Waals surface area contributed by atoms with Gasteiger partial charge in [-0.25, -0.2) is 0 Å². The van der Waals surface area contributed by atoms with Crippen molar-refractivity contribution >= 4 is 14.2 Å². The molecule has 7 heavy (non-hydrogen) atoms. The Morgan fingerprint density at radius 3 is 2.14 bits per heavy atom.